The summed E-state index contributed by atoms with van der Waals surface area (Å²) in [7, 11) is 2.01. The van der Waals surface area contributed by atoms with Gasteiger partial charge in [0.15, 0.2) is 0 Å². The molecule has 0 bridgehead atoms. The second kappa shape index (κ2) is 5.72. The number of benzene rings is 1. The van der Waals surface area contributed by atoms with Crippen molar-refractivity contribution in [3.8, 4) is 0 Å². The van der Waals surface area contributed by atoms with Gasteiger partial charge >= 0.3 is 0 Å². The summed E-state index contributed by atoms with van der Waals surface area (Å²) in [4.78, 5) is 6.62. The number of anilines is 1. The fraction of sp³-hybridized carbons (Fsp3) is 0.214. The van der Waals surface area contributed by atoms with E-state index in [2.05, 4.69) is 25.8 Å². The van der Waals surface area contributed by atoms with Crippen LogP contribution in [0.1, 0.15) is 11.3 Å². The summed E-state index contributed by atoms with van der Waals surface area (Å²) in [6, 6.07) is 11.9. The summed E-state index contributed by atoms with van der Waals surface area (Å²) in [5, 5.41) is 0.790. The molecule has 0 spiro atoms. The van der Waals surface area contributed by atoms with Gasteiger partial charge in [-0.05, 0) is 46.6 Å². The average molecular weight is 326 g/mol. The minimum atomic E-state index is 0.744. The van der Waals surface area contributed by atoms with Gasteiger partial charge < -0.3 is 4.90 Å². The van der Waals surface area contributed by atoms with Gasteiger partial charge in [-0.15, -0.1) is 0 Å². The zero-order valence-corrected chi connectivity index (χ0v) is 12.7. The number of halogens is 2. The molecule has 0 atom stereocenters. The smallest absolute Gasteiger partial charge is 0.128 e. The lowest BCUT2D eigenvalue weighted by Gasteiger charge is -2.19. The Morgan fingerprint density at radius 2 is 1.94 bits per heavy atom. The van der Waals surface area contributed by atoms with E-state index in [0.29, 0.717) is 0 Å². The van der Waals surface area contributed by atoms with Crippen molar-refractivity contribution >= 4 is 33.3 Å². The quantitative estimate of drug-likeness (QED) is 0.829. The van der Waals surface area contributed by atoms with E-state index in [1.54, 1.807) is 0 Å². The van der Waals surface area contributed by atoms with Crippen LogP contribution in [0.3, 0.4) is 0 Å². The van der Waals surface area contributed by atoms with Crippen LogP contribution in [0.5, 0.6) is 0 Å². The van der Waals surface area contributed by atoms with Gasteiger partial charge in [-0.2, -0.15) is 0 Å². The van der Waals surface area contributed by atoms with Crippen LogP contribution in [-0.4, -0.2) is 12.0 Å². The molecule has 0 saturated heterocycles. The van der Waals surface area contributed by atoms with E-state index in [-0.39, 0.29) is 0 Å². The first-order valence-electron chi connectivity index (χ1n) is 5.65. The van der Waals surface area contributed by atoms with E-state index in [0.717, 1.165) is 33.1 Å². The van der Waals surface area contributed by atoms with E-state index < -0.39 is 0 Å². The van der Waals surface area contributed by atoms with Crippen LogP contribution in [0.4, 0.5) is 5.82 Å². The molecular weight excluding hydrogens is 312 g/mol. The van der Waals surface area contributed by atoms with E-state index in [9.17, 15) is 0 Å². The maximum Gasteiger partial charge on any atom is 0.128 e. The Morgan fingerprint density at radius 1 is 1.22 bits per heavy atom. The standard InChI is InChI=1S/C14H14BrClN2/c1-10-12(15)7-8-14(17-10)18(2)9-11-5-3-4-6-13(11)16/h3-8H,9H2,1-2H3. The Bertz CT molecular complexity index is 557. The number of rotatable bonds is 3. The van der Waals surface area contributed by atoms with Crippen molar-refractivity contribution in [2.75, 3.05) is 11.9 Å². The van der Waals surface area contributed by atoms with Crippen LogP contribution in [0, 0.1) is 6.92 Å². The SMILES string of the molecule is Cc1nc(N(C)Cc2ccccc2Cl)ccc1Br. The molecular formula is C14H14BrClN2. The molecule has 94 valence electrons. The molecule has 18 heavy (non-hydrogen) atoms. The van der Waals surface area contributed by atoms with Crippen LogP contribution in [0.2, 0.25) is 5.02 Å². The number of aromatic nitrogens is 1. The second-order valence-corrected chi connectivity index (χ2v) is 5.45. The van der Waals surface area contributed by atoms with Crippen molar-refractivity contribution in [2.45, 2.75) is 13.5 Å². The first-order valence-corrected chi connectivity index (χ1v) is 6.82. The molecule has 0 aliphatic heterocycles. The number of hydrogen-bond acceptors (Lipinski definition) is 2. The average Bonchev–Trinajstić information content (AvgIpc) is 2.35. The van der Waals surface area contributed by atoms with Gasteiger partial charge in [-0.25, -0.2) is 4.98 Å². The first-order chi connectivity index (χ1) is 8.58. The van der Waals surface area contributed by atoms with Gasteiger partial charge in [-0.3, -0.25) is 0 Å². The Balaban J connectivity index is 2.19. The lowest BCUT2D eigenvalue weighted by Crippen LogP contribution is -2.18. The molecule has 0 amide bonds. The fourth-order valence-electron chi connectivity index (χ4n) is 1.71. The summed E-state index contributed by atoms with van der Waals surface area (Å²) in [5.74, 6) is 0.940. The van der Waals surface area contributed by atoms with Crippen LogP contribution >= 0.6 is 27.5 Å². The van der Waals surface area contributed by atoms with Gasteiger partial charge in [0.2, 0.25) is 0 Å². The largest absolute Gasteiger partial charge is 0.355 e. The van der Waals surface area contributed by atoms with E-state index >= 15 is 0 Å². The summed E-state index contributed by atoms with van der Waals surface area (Å²) < 4.78 is 1.03. The van der Waals surface area contributed by atoms with Crippen LogP contribution in [0.15, 0.2) is 40.9 Å². The Labute approximate surface area is 121 Å². The van der Waals surface area contributed by atoms with Crippen LogP contribution < -0.4 is 4.90 Å². The molecule has 2 nitrogen and oxygen atoms in total. The zero-order chi connectivity index (χ0) is 13.1. The summed E-state index contributed by atoms with van der Waals surface area (Å²) in [6.07, 6.45) is 0. The summed E-state index contributed by atoms with van der Waals surface area (Å²) in [5.41, 5.74) is 2.09. The maximum atomic E-state index is 6.16. The molecule has 0 aliphatic rings. The second-order valence-electron chi connectivity index (χ2n) is 4.18. The summed E-state index contributed by atoms with van der Waals surface area (Å²) >= 11 is 9.61. The molecule has 4 heteroatoms. The lowest BCUT2D eigenvalue weighted by molar-refractivity contribution is 0.891. The molecule has 0 aliphatic carbocycles. The van der Waals surface area contributed by atoms with Gasteiger partial charge in [0, 0.05) is 23.1 Å². The zero-order valence-electron chi connectivity index (χ0n) is 10.3. The molecule has 0 radical (unpaired) electrons. The highest BCUT2D eigenvalue weighted by Gasteiger charge is 2.07. The molecule has 0 fully saturated rings. The van der Waals surface area contributed by atoms with Gasteiger partial charge in [0.1, 0.15) is 5.82 Å². The molecule has 1 aromatic carbocycles. The third-order valence-electron chi connectivity index (χ3n) is 2.76. The van der Waals surface area contributed by atoms with Crippen molar-refractivity contribution < 1.29 is 0 Å². The first kappa shape index (κ1) is 13.4. The highest BCUT2D eigenvalue weighted by Crippen LogP contribution is 2.22. The van der Waals surface area contributed by atoms with Crippen LogP contribution in [0.25, 0.3) is 0 Å². The van der Waals surface area contributed by atoms with Gasteiger partial charge in [-0.1, -0.05) is 29.8 Å². The third-order valence-corrected chi connectivity index (χ3v) is 3.97. The number of pyridine rings is 1. The molecule has 0 saturated carbocycles. The third kappa shape index (κ3) is 3.03. The Hall–Kier alpha value is -1.06. The predicted octanol–water partition coefficient (Wildman–Crippen LogP) is 4.44. The number of nitrogens with zero attached hydrogens (tertiary/aromatic N) is 2. The van der Waals surface area contributed by atoms with Crippen molar-refractivity contribution in [2.24, 2.45) is 0 Å². The van der Waals surface area contributed by atoms with Gasteiger partial charge in [0.25, 0.3) is 0 Å². The fourth-order valence-corrected chi connectivity index (χ4v) is 2.12. The monoisotopic (exact) mass is 324 g/mol. The van der Waals surface area contributed by atoms with Crippen molar-refractivity contribution in [3.05, 3.63) is 57.2 Å². The van der Waals surface area contributed by atoms with Crippen LogP contribution in [-0.2, 0) is 6.54 Å². The number of hydrogen-bond donors (Lipinski definition) is 0. The van der Waals surface area contributed by atoms with E-state index in [1.165, 1.54) is 0 Å². The maximum absolute atomic E-state index is 6.16. The highest BCUT2D eigenvalue weighted by atomic mass is 79.9. The summed E-state index contributed by atoms with van der Waals surface area (Å²) in [6.45, 7) is 2.73. The molecule has 0 unspecified atom stereocenters. The Kier molecular flexibility index (Phi) is 4.25. The van der Waals surface area contributed by atoms with E-state index in [4.69, 9.17) is 11.6 Å². The van der Waals surface area contributed by atoms with Crippen molar-refractivity contribution in [1.82, 2.24) is 4.98 Å². The minimum Gasteiger partial charge on any atom is -0.355 e. The Morgan fingerprint density at radius 3 is 2.61 bits per heavy atom. The lowest BCUT2D eigenvalue weighted by atomic mass is 10.2. The molecule has 2 rings (SSSR count). The number of aryl methyl sites for hydroxylation is 1. The molecule has 1 aromatic heterocycles. The molecule has 0 N–H and O–H groups in total. The molecule has 2 aromatic rings. The molecule has 1 heterocycles. The van der Waals surface area contributed by atoms with Crippen molar-refractivity contribution in [1.29, 1.82) is 0 Å². The van der Waals surface area contributed by atoms with Crippen molar-refractivity contribution in [3.63, 3.8) is 0 Å². The highest BCUT2D eigenvalue weighted by molar-refractivity contribution is 9.10. The topological polar surface area (TPSA) is 16.1 Å². The minimum absolute atomic E-state index is 0.744. The van der Waals surface area contributed by atoms with Gasteiger partial charge in [0.05, 0.1) is 5.69 Å². The predicted molar refractivity (Wildman–Crippen MR) is 80.2 cm³/mol. The normalized spacial score (nSPS) is 10.4. The van der Waals surface area contributed by atoms with E-state index in [1.807, 2.05) is 50.4 Å².